The van der Waals surface area contributed by atoms with E-state index >= 15 is 0 Å². The minimum atomic E-state index is -0.457. The third kappa shape index (κ3) is 4.70. The van der Waals surface area contributed by atoms with E-state index in [0.29, 0.717) is 58.1 Å². The lowest BCUT2D eigenvalue weighted by Gasteiger charge is -2.04. The molecule has 0 fully saturated rings. The number of nitrogens with zero attached hydrogens (tertiary/aromatic N) is 2. The molecule has 0 spiro atoms. The molecule has 5 rings (SSSR count). The number of nitrogens with one attached hydrogen (secondary N) is 2. The molecular formula is C28H26N4O4. The zero-order chi connectivity index (χ0) is 25.1. The second kappa shape index (κ2) is 10.0. The van der Waals surface area contributed by atoms with Crippen molar-refractivity contribution < 1.29 is 19.1 Å². The number of aromatic nitrogens is 4. The molecule has 0 aromatic carbocycles. The van der Waals surface area contributed by atoms with Crippen molar-refractivity contribution in [1.29, 1.82) is 0 Å². The first-order valence-corrected chi connectivity index (χ1v) is 12.0. The lowest BCUT2D eigenvalue weighted by Crippen LogP contribution is -2.10. The number of esters is 2. The molecule has 0 amide bonds. The Labute approximate surface area is 207 Å². The van der Waals surface area contributed by atoms with Gasteiger partial charge in [-0.25, -0.2) is 19.6 Å². The quantitative estimate of drug-likeness (QED) is 0.297. The van der Waals surface area contributed by atoms with Crippen LogP contribution in [0.15, 0.2) is 36.4 Å². The Morgan fingerprint density at radius 3 is 1.64 bits per heavy atom. The van der Waals surface area contributed by atoms with Gasteiger partial charge in [0.25, 0.3) is 0 Å². The van der Waals surface area contributed by atoms with Gasteiger partial charge in [-0.2, -0.15) is 0 Å². The smallest absolute Gasteiger partial charge is 0.342 e. The van der Waals surface area contributed by atoms with E-state index in [0.717, 1.165) is 23.9 Å². The zero-order valence-electron chi connectivity index (χ0n) is 20.1. The first-order chi connectivity index (χ1) is 17.6. The average Bonchev–Trinajstić information content (AvgIpc) is 3.67. The van der Waals surface area contributed by atoms with Crippen LogP contribution in [-0.2, 0) is 9.47 Å². The lowest BCUT2D eigenvalue weighted by molar-refractivity contribution is 0.0497. The molecule has 3 aromatic rings. The highest BCUT2D eigenvalue weighted by atomic mass is 16.5. The van der Waals surface area contributed by atoms with Gasteiger partial charge >= 0.3 is 11.9 Å². The molecule has 8 bridgehead atoms. The number of fused-ring (bicyclic) bond motifs is 8. The van der Waals surface area contributed by atoms with Gasteiger partial charge in [0.1, 0.15) is 11.1 Å². The first kappa shape index (κ1) is 23.3. The summed E-state index contributed by atoms with van der Waals surface area (Å²) in [6.07, 6.45) is 8.67. The Morgan fingerprint density at radius 1 is 0.694 bits per heavy atom. The SMILES string of the molecule is CCCOC(=O)c1c2nc(cc3ccc([nH]3)c(C(=O)OCCC)c3ccc(cc4nc1C=C4)[nH]3)C=C2. The van der Waals surface area contributed by atoms with Crippen molar-refractivity contribution in [2.24, 2.45) is 0 Å². The molecule has 0 radical (unpaired) electrons. The maximum Gasteiger partial charge on any atom is 0.342 e. The summed E-state index contributed by atoms with van der Waals surface area (Å²) in [7, 11) is 0. The van der Waals surface area contributed by atoms with Crippen molar-refractivity contribution in [3.63, 3.8) is 0 Å². The molecule has 0 aliphatic carbocycles. The van der Waals surface area contributed by atoms with Crippen molar-refractivity contribution in [2.45, 2.75) is 26.7 Å². The van der Waals surface area contributed by atoms with Crippen LogP contribution in [0, 0.1) is 0 Å². The van der Waals surface area contributed by atoms with E-state index in [1.165, 1.54) is 0 Å². The van der Waals surface area contributed by atoms with Crippen LogP contribution in [0.5, 0.6) is 0 Å². The summed E-state index contributed by atoms with van der Waals surface area (Å²) < 4.78 is 10.9. The fourth-order valence-corrected chi connectivity index (χ4v) is 4.04. The number of carbonyl (C=O) groups is 2. The van der Waals surface area contributed by atoms with Gasteiger partial charge in [0, 0.05) is 11.0 Å². The van der Waals surface area contributed by atoms with Crippen LogP contribution in [0.2, 0.25) is 0 Å². The molecule has 0 saturated heterocycles. The number of H-pyrrole nitrogens is 2. The number of ether oxygens (including phenoxy) is 2. The Morgan fingerprint density at radius 2 is 1.17 bits per heavy atom. The van der Waals surface area contributed by atoms with E-state index in [1.54, 1.807) is 12.2 Å². The van der Waals surface area contributed by atoms with Crippen molar-refractivity contribution in [3.05, 3.63) is 70.3 Å². The number of hydrogen-bond acceptors (Lipinski definition) is 6. The van der Waals surface area contributed by atoms with E-state index in [9.17, 15) is 9.59 Å². The van der Waals surface area contributed by atoms with Crippen LogP contribution in [0.3, 0.4) is 0 Å². The molecular weight excluding hydrogens is 456 g/mol. The number of carbonyl (C=O) groups excluding carboxylic acids is 2. The molecule has 3 aromatic heterocycles. The molecule has 8 nitrogen and oxygen atoms in total. The van der Waals surface area contributed by atoms with Crippen molar-refractivity contribution in [2.75, 3.05) is 13.2 Å². The fourth-order valence-electron chi connectivity index (χ4n) is 4.04. The van der Waals surface area contributed by atoms with E-state index in [-0.39, 0.29) is 0 Å². The summed E-state index contributed by atoms with van der Waals surface area (Å²) in [5, 5.41) is 0. The molecule has 2 aliphatic rings. The van der Waals surface area contributed by atoms with Gasteiger partial charge in [-0.15, -0.1) is 0 Å². The van der Waals surface area contributed by atoms with Gasteiger partial charge in [-0.3, -0.25) is 0 Å². The molecule has 36 heavy (non-hydrogen) atoms. The minimum Gasteiger partial charge on any atom is -0.462 e. The Hall–Kier alpha value is -4.46. The zero-order valence-corrected chi connectivity index (χ0v) is 20.1. The van der Waals surface area contributed by atoms with Crippen LogP contribution in [0.4, 0.5) is 0 Å². The first-order valence-electron chi connectivity index (χ1n) is 12.0. The van der Waals surface area contributed by atoms with Crippen molar-refractivity contribution >= 4 is 58.3 Å². The van der Waals surface area contributed by atoms with Crippen LogP contribution in [0.25, 0.3) is 46.4 Å². The highest BCUT2D eigenvalue weighted by Gasteiger charge is 2.20. The van der Waals surface area contributed by atoms with Crippen molar-refractivity contribution in [1.82, 2.24) is 19.9 Å². The Balaban J connectivity index is 1.79. The molecule has 0 atom stereocenters. The standard InChI is InChI=1S/C28H26N4O4/c1-3-13-35-27(33)25-21-9-5-17(29-21)15-19-7-11-23(31-19)26(28(34)36-14-4-2)24-12-8-20(32-24)16-18-6-10-22(25)30-18/h5-12,15-16,29-30H,3-4,13-14H2,1-2H3. The normalized spacial score (nSPS) is 12.1. The van der Waals surface area contributed by atoms with E-state index in [2.05, 4.69) is 19.9 Å². The number of rotatable bonds is 6. The van der Waals surface area contributed by atoms with Crippen LogP contribution in [0.1, 0.15) is 70.2 Å². The van der Waals surface area contributed by atoms with Gasteiger partial charge in [0.05, 0.1) is 47.0 Å². The lowest BCUT2D eigenvalue weighted by atomic mass is 10.1. The average molecular weight is 483 g/mol. The van der Waals surface area contributed by atoms with Crippen LogP contribution in [-0.4, -0.2) is 45.1 Å². The van der Waals surface area contributed by atoms with Gasteiger partial charge in [0.15, 0.2) is 0 Å². The second-order valence-corrected chi connectivity index (χ2v) is 8.48. The Kier molecular flexibility index (Phi) is 6.49. The summed E-state index contributed by atoms with van der Waals surface area (Å²) in [6.45, 7) is 4.55. The van der Waals surface area contributed by atoms with E-state index in [4.69, 9.17) is 9.47 Å². The molecule has 0 saturated carbocycles. The van der Waals surface area contributed by atoms with Crippen LogP contribution < -0.4 is 0 Å². The highest BCUT2D eigenvalue weighted by molar-refractivity contribution is 6.04. The topological polar surface area (TPSA) is 110 Å². The summed E-state index contributed by atoms with van der Waals surface area (Å²) in [4.78, 5) is 41.8. The predicted octanol–water partition coefficient (Wildman–Crippen LogP) is 5.79. The predicted molar refractivity (Wildman–Crippen MR) is 140 cm³/mol. The van der Waals surface area contributed by atoms with Gasteiger partial charge in [-0.1, -0.05) is 13.8 Å². The maximum absolute atomic E-state index is 13.0. The fraction of sp³-hybridized carbons (Fsp3) is 0.214. The molecule has 2 N–H and O–H groups in total. The summed E-state index contributed by atoms with van der Waals surface area (Å²) in [5.41, 5.74) is 5.78. The summed E-state index contributed by atoms with van der Waals surface area (Å²) in [6, 6.07) is 11.1. The molecule has 5 heterocycles. The van der Waals surface area contributed by atoms with Crippen LogP contribution >= 0.6 is 0 Å². The third-order valence-corrected chi connectivity index (χ3v) is 5.68. The largest absolute Gasteiger partial charge is 0.462 e. The van der Waals surface area contributed by atoms with Crippen molar-refractivity contribution in [3.8, 4) is 0 Å². The highest BCUT2D eigenvalue weighted by Crippen LogP contribution is 2.24. The summed E-state index contributed by atoms with van der Waals surface area (Å²) >= 11 is 0. The molecule has 0 unspecified atom stereocenters. The van der Waals surface area contributed by atoms with E-state index in [1.807, 2.05) is 62.4 Å². The number of aromatic amines is 2. The monoisotopic (exact) mass is 482 g/mol. The number of hydrogen-bond donors (Lipinski definition) is 2. The van der Waals surface area contributed by atoms with Gasteiger partial charge < -0.3 is 19.4 Å². The Bertz CT molecular complexity index is 1460. The van der Waals surface area contributed by atoms with E-state index < -0.39 is 11.9 Å². The summed E-state index contributed by atoms with van der Waals surface area (Å²) in [5.74, 6) is -0.867. The molecule has 2 aliphatic heterocycles. The second-order valence-electron chi connectivity index (χ2n) is 8.48. The molecule has 182 valence electrons. The van der Waals surface area contributed by atoms with Gasteiger partial charge in [-0.05, 0) is 73.5 Å². The van der Waals surface area contributed by atoms with Gasteiger partial charge in [0.2, 0.25) is 0 Å². The maximum atomic E-state index is 13.0. The molecule has 8 heteroatoms. The minimum absolute atomic E-state index is 0.317. The third-order valence-electron chi connectivity index (χ3n) is 5.68.